The van der Waals surface area contributed by atoms with Crippen molar-refractivity contribution in [2.75, 3.05) is 0 Å². The molecule has 0 aromatic heterocycles. The van der Waals surface area contributed by atoms with Crippen molar-refractivity contribution in [2.45, 2.75) is 0 Å². The Morgan fingerprint density at radius 3 is 1.08 bits per heavy atom. The quantitative estimate of drug-likeness (QED) is 0.553. The molecule has 0 aliphatic heterocycles. The van der Waals surface area contributed by atoms with Crippen LogP contribution in [0.3, 0.4) is 0 Å². The summed E-state index contributed by atoms with van der Waals surface area (Å²) in [5.41, 5.74) is 0. The fourth-order valence-corrected chi connectivity index (χ4v) is 1.13. The van der Waals surface area contributed by atoms with Gasteiger partial charge in [0, 0.05) is 0 Å². The topological polar surface area (TPSA) is 0 Å². The predicted octanol–water partition coefficient (Wildman–Crippen LogP) is 4.06. The van der Waals surface area contributed by atoms with Gasteiger partial charge in [0.05, 0.1) is 0 Å². The molecule has 0 heterocycles. The van der Waals surface area contributed by atoms with Crippen molar-refractivity contribution in [3.8, 4) is 0 Å². The zero-order valence-electron chi connectivity index (χ0n) is 7.44. The monoisotopic (exact) mass is 192 g/mol. The van der Waals surface area contributed by atoms with Gasteiger partial charge in [0.15, 0.2) is 0 Å². The van der Waals surface area contributed by atoms with E-state index in [1.165, 1.54) is 10.8 Å². The van der Waals surface area contributed by atoms with Crippen LogP contribution in [0.15, 0.2) is 61.7 Å². The minimum atomic E-state index is 0. The van der Waals surface area contributed by atoms with E-state index in [1.807, 2.05) is 0 Å². The minimum absolute atomic E-state index is 0. The van der Waals surface area contributed by atoms with Crippen LogP contribution in [0.4, 0.5) is 0 Å². The van der Waals surface area contributed by atoms with Gasteiger partial charge in [0.2, 0.25) is 0 Å². The second-order valence-electron chi connectivity index (χ2n) is 2.35. The molecular formula is C12H13Cl. The molecule has 0 fully saturated rings. The summed E-state index contributed by atoms with van der Waals surface area (Å²) in [6.45, 7) is 6.00. The highest BCUT2D eigenvalue weighted by atomic mass is 35.5. The molecule has 0 aliphatic carbocycles. The van der Waals surface area contributed by atoms with Gasteiger partial charge >= 0.3 is 0 Å². The molecule has 0 amide bonds. The van der Waals surface area contributed by atoms with E-state index < -0.39 is 0 Å². The normalized spacial score (nSPS) is 8.00. The van der Waals surface area contributed by atoms with Gasteiger partial charge in [-0.3, -0.25) is 0 Å². The second kappa shape index (κ2) is 6.27. The van der Waals surface area contributed by atoms with E-state index >= 15 is 0 Å². The number of fused-ring (bicyclic) bond motifs is 1. The summed E-state index contributed by atoms with van der Waals surface area (Å²) in [6, 6.07) is 16.7. The SMILES string of the molecule is C=C.Cl.c1ccc2ccccc2c1. The lowest BCUT2D eigenvalue weighted by atomic mass is 10.1. The summed E-state index contributed by atoms with van der Waals surface area (Å²) < 4.78 is 0. The number of halogens is 1. The summed E-state index contributed by atoms with van der Waals surface area (Å²) in [7, 11) is 0. The van der Waals surface area contributed by atoms with Crippen LogP contribution in [0.2, 0.25) is 0 Å². The molecule has 1 heteroatoms. The molecule has 0 nitrogen and oxygen atoms in total. The van der Waals surface area contributed by atoms with Crippen LogP contribution in [0.25, 0.3) is 10.8 Å². The van der Waals surface area contributed by atoms with Gasteiger partial charge in [-0.05, 0) is 10.8 Å². The molecule has 68 valence electrons. The molecule has 2 aromatic carbocycles. The summed E-state index contributed by atoms with van der Waals surface area (Å²) in [5, 5.41) is 2.62. The number of hydrogen-bond acceptors (Lipinski definition) is 0. The molecule has 0 saturated carbocycles. The maximum absolute atomic E-state index is 3.00. The summed E-state index contributed by atoms with van der Waals surface area (Å²) >= 11 is 0. The molecule has 0 bridgehead atoms. The minimum Gasteiger partial charge on any atom is -0.147 e. The van der Waals surface area contributed by atoms with Crippen LogP contribution in [0.1, 0.15) is 0 Å². The van der Waals surface area contributed by atoms with E-state index in [4.69, 9.17) is 0 Å². The molecule has 0 atom stereocenters. The summed E-state index contributed by atoms with van der Waals surface area (Å²) in [6.07, 6.45) is 0. The Balaban J connectivity index is 0.000000451. The van der Waals surface area contributed by atoms with Crippen molar-refractivity contribution in [2.24, 2.45) is 0 Å². The maximum Gasteiger partial charge on any atom is -0.0184 e. The Hall–Kier alpha value is -1.27. The van der Waals surface area contributed by atoms with E-state index in [1.54, 1.807) is 0 Å². The van der Waals surface area contributed by atoms with Crippen molar-refractivity contribution < 1.29 is 0 Å². The van der Waals surface area contributed by atoms with E-state index in [0.29, 0.717) is 0 Å². The highest BCUT2D eigenvalue weighted by molar-refractivity contribution is 5.85. The first-order valence-corrected chi connectivity index (χ1v) is 3.90. The molecule has 2 aromatic rings. The van der Waals surface area contributed by atoms with Gasteiger partial charge in [0.1, 0.15) is 0 Å². The lowest BCUT2D eigenvalue weighted by molar-refractivity contribution is 1.75. The van der Waals surface area contributed by atoms with Crippen molar-refractivity contribution in [3.63, 3.8) is 0 Å². The van der Waals surface area contributed by atoms with Gasteiger partial charge in [-0.15, -0.1) is 25.6 Å². The molecule has 0 spiro atoms. The third kappa shape index (κ3) is 2.92. The van der Waals surface area contributed by atoms with Crippen molar-refractivity contribution in [1.82, 2.24) is 0 Å². The maximum atomic E-state index is 3.00. The molecule has 2 rings (SSSR count). The van der Waals surface area contributed by atoms with Crippen LogP contribution in [0, 0.1) is 0 Å². The van der Waals surface area contributed by atoms with E-state index in [-0.39, 0.29) is 12.4 Å². The van der Waals surface area contributed by atoms with Crippen LogP contribution in [-0.4, -0.2) is 0 Å². The Morgan fingerprint density at radius 2 is 0.846 bits per heavy atom. The molecule has 13 heavy (non-hydrogen) atoms. The molecule has 0 N–H and O–H groups in total. The Kier molecular flexibility index (Phi) is 5.66. The lowest BCUT2D eigenvalue weighted by Gasteiger charge is -1.92. The zero-order chi connectivity index (χ0) is 8.81. The smallest absolute Gasteiger partial charge is 0.0184 e. The van der Waals surface area contributed by atoms with E-state index in [2.05, 4.69) is 61.7 Å². The second-order valence-corrected chi connectivity index (χ2v) is 2.35. The molecule has 0 saturated heterocycles. The zero-order valence-corrected chi connectivity index (χ0v) is 8.26. The largest absolute Gasteiger partial charge is 0.147 e. The Bertz CT molecular complexity index is 289. The number of hydrogen-bond donors (Lipinski definition) is 0. The first-order valence-electron chi connectivity index (χ1n) is 3.90. The van der Waals surface area contributed by atoms with Gasteiger partial charge in [0.25, 0.3) is 0 Å². The first kappa shape index (κ1) is 11.7. The molecular weight excluding hydrogens is 180 g/mol. The standard InChI is InChI=1S/C10H8.C2H4.ClH/c1-2-6-10-8-4-3-7-9(10)5-1;1-2;/h1-8H;1-2H2;1H. The van der Waals surface area contributed by atoms with Crippen molar-refractivity contribution >= 4 is 23.2 Å². The third-order valence-corrected chi connectivity index (χ3v) is 1.66. The first-order chi connectivity index (χ1) is 5.97. The molecule has 0 unspecified atom stereocenters. The molecule has 0 radical (unpaired) electrons. The summed E-state index contributed by atoms with van der Waals surface area (Å²) in [5.74, 6) is 0. The fraction of sp³-hybridized carbons (Fsp3) is 0. The van der Waals surface area contributed by atoms with Crippen LogP contribution >= 0.6 is 12.4 Å². The number of rotatable bonds is 0. The van der Waals surface area contributed by atoms with Gasteiger partial charge in [-0.25, -0.2) is 0 Å². The summed E-state index contributed by atoms with van der Waals surface area (Å²) in [4.78, 5) is 0. The Morgan fingerprint density at radius 1 is 0.615 bits per heavy atom. The average Bonchev–Trinajstić information content (AvgIpc) is 2.21. The highest BCUT2D eigenvalue weighted by Crippen LogP contribution is 2.11. The molecule has 0 aliphatic rings. The Labute approximate surface area is 85.3 Å². The average molecular weight is 193 g/mol. The number of benzene rings is 2. The van der Waals surface area contributed by atoms with Gasteiger partial charge in [-0.1, -0.05) is 48.5 Å². The van der Waals surface area contributed by atoms with Crippen LogP contribution < -0.4 is 0 Å². The van der Waals surface area contributed by atoms with E-state index in [0.717, 1.165) is 0 Å². The van der Waals surface area contributed by atoms with Crippen molar-refractivity contribution in [3.05, 3.63) is 61.7 Å². The van der Waals surface area contributed by atoms with E-state index in [9.17, 15) is 0 Å². The fourth-order valence-electron chi connectivity index (χ4n) is 1.13. The van der Waals surface area contributed by atoms with Gasteiger partial charge < -0.3 is 0 Å². The highest BCUT2D eigenvalue weighted by Gasteiger charge is 1.85. The van der Waals surface area contributed by atoms with Gasteiger partial charge in [-0.2, -0.15) is 0 Å². The van der Waals surface area contributed by atoms with Crippen molar-refractivity contribution in [1.29, 1.82) is 0 Å². The predicted molar refractivity (Wildman–Crippen MR) is 62.5 cm³/mol. The van der Waals surface area contributed by atoms with Crippen LogP contribution in [0.5, 0.6) is 0 Å². The van der Waals surface area contributed by atoms with Crippen LogP contribution in [-0.2, 0) is 0 Å². The lowest BCUT2D eigenvalue weighted by Crippen LogP contribution is -1.67. The third-order valence-electron chi connectivity index (χ3n) is 1.66.